The molecule has 3 rings (SSSR count). The molecule has 122 valence electrons. The number of carbonyl (C=O) groups is 1. The summed E-state index contributed by atoms with van der Waals surface area (Å²) in [5, 5.41) is 15.9. The van der Waals surface area contributed by atoms with Crippen molar-refractivity contribution in [1.29, 1.82) is 0 Å². The third kappa shape index (κ3) is 3.43. The summed E-state index contributed by atoms with van der Waals surface area (Å²) in [5.41, 5.74) is 2.34. The number of carbonyl (C=O) groups excluding carboxylic acids is 1. The van der Waals surface area contributed by atoms with Crippen LogP contribution in [0, 0.1) is 6.92 Å². The molecule has 2 aromatic carbocycles. The van der Waals surface area contributed by atoms with E-state index < -0.39 is 0 Å². The van der Waals surface area contributed by atoms with E-state index in [0.717, 1.165) is 11.1 Å². The maximum Gasteiger partial charge on any atom is 0.251 e. The Labute approximate surface area is 139 Å². The highest BCUT2D eigenvalue weighted by atomic mass is 16.5. The second-order valence-corrected chi connectivity index (χ2v) is 5.50. The first-order valence-electron chi connectivity index (χ1n) is 7.53. The highest BCUT2D eigenvalue weighted by molar-refractivity contribution is 5.95. The highest BCUT2D eigenvalue weighted by Gasteiger charge is 2.16. The number of aromatic hydroxyl groups is 1. The fourth-order valence-electron chi connectivity index (χ4n) is 2.32. The summed E-state index contributed by atoms with van der Waals surface area (Å²) in [6, 6.07) is 13.7. The summed E-state index contributed by atoms with van der Waals surface area (Å²) in [6.07, 6.45) is 0. The van der Waals surface area contributed by atoms with Gasteiger partial charge in [-0.3, -0.25) is 4.79 Å². The van der Waals surface area contributed by atoms with Crippen LogP contribution in [0.3, 0.4) is 0 Å². The van der Waals surface area contributed by atoms with Crippen molar-refractivity contribution in [1.82, 2.24) is 15.5 Å². The van der Waals surface area contributed by atoms with Crippen molar-refractivity contribution < 1.29 is 14.4 Å². The Hall–Kier alpha value is -3.15. The van der Waals surface area contributed by atoms with Gasteiger partial charge < -0.3 is 14.9 Å². The van der Waals surface area contributed by atoms with Gasteiger partial charge in [0.1, 0.15) is 11.8 Å². The van der Waals surface area contributed by atoms with Crippen LogP contribution in [0.2, 0.25) is 0 Å². The average Bonchev–Trinajstić information content (AvgIpc) is 3.02. The molecule has 1 amide bonds. The Morgan fingerprint density at radius 3 is 2.58 bits per heavy atom. The molecule has 0 saturated carbocycles. The van der Waals surface area contributed by atoms with Crippen molar-refractivity contribution in [3.8, 4) is 16.9 Å². The number of benzene rings is 2. The molecule has 0 aliphatic carbocycles. The van der Waals surface area contributed by atoms with Gasteiger partial charge in [-0.15, -0.1) is 0 Å². The van der Waals surface area contributed by atoms with Crippen molar-refractivity contribution >= 4 is 5.91 Å². The van der Waals surface area contributed by atoms with Gasteiger partial charge in [-0.1, -0.05) is 29.4 Å². The molecule has 0 fully saturated rings. The van der Waals surface area contributed by atoms with Crippen LogP contribution < -0.4 is 5.32 Å². The van der Waals surface area contributed by atoms with Crippen LogP contribution >= 0.6 is 0 Å². The van der Waals surface area contributed by atoms with Gasteiger partial charge >= 0.3 is 0 Å². The Bertz CT molecular complexity index is 856. The number of rotatable bonds is 4. The number of hydrogen-bond acceptors (Lipinski definition) is 5. The molecule has 0 saturated heterocycles. The van der Waals surface area contributed by atoms with Gasteiger partial charge in [0.2, 0.25) is 5.89 Å². The monoisotopic (exact) mass is 323 g/mol. The van der Waals surface area contributed by atoms with E-state index in [1.54, 1.807) is 50.2 Å². The van der Waals surface area contributed by atoms with Crippen LogP contribution in [0.5, 0.6) is 5.75 Å². The number of aryl methyl sites for hydroxylation is 1. The minimum atomic E-state index is -0.379. The third-order valence-electron chi connectivity index (χ3n) is 3.59. The van der Waals surface area contributed by atoms with Crippen LogP contribution in [0.1, 0.15) is 35.0 Å². The minimum Gasteiger partial charge on any atom is -0.508 e. The molecule has 3 aromatic rings. The third-order valence-corrected chi connectivity index (χ3v) is 3.59. The van der Waals surface area contributed by atoms with E-state index in [1.807, 2.05) is 12.1 Å². The van der Waals surface area contributed by atoms with E-state index in [-0.39, 0.29) is 17.7 Å². The van der Waals surface area contributed by atoms with E-state index in [4.69, 9.17) is 4.52 Å². The van der Waals surface area contributed by atoms with E-state index in [9.17, 15) is 9.90 Å². The Kier molecular flexibility index (Phi) is 4.29. The molecular formula is C18H17N3O3. The van der Waals surface area contributed by atoms with Crippen LogP contribution in [0.15, 0.2) is 53.1 Å². The predicted octanol–water partition coefficient (Wildman–Crippen LogP) is 3.24. The molecule has 6 nitrogen and oxygen atoms in total. The standard InChI is InChI=1S/C18H17N3O3/c1-11(18-20-12(2)21-24-18)19-17(23)15-5-3-4-14(10-15)13-6-8-16(22)9-7-13/h3-11,22H,1-2H3,(H,19,23). The second kappa shape index (κ2) is 6.54. The summed E-state index contributed by atoms with van der Waals surface area (Å²) in [6.45, 7) is 3.51. The number of aromatic nitrogens is 2. The molecule has 0 aliphatic rings. The molecule has 1 unspecified atom stereocenters. The van der Waals surface area contributed by atoms with E-state index in [2.05, 4.69) is 15.5 Å². The first-order valence-corrected chi connectivity index (χ1v) is 7.53. The zero-order valence-corrected chi connectivity index (χ0v) is 13.4. The number of nitrogens with zero attached hydrogens (tertiary/aromatic N) is 2. The molecule has 0 radical (unpaired) electrons. The first kappa shape index (κ1) is 15.7. The first-order chi connectivity index (χ1) is 11.5. The van der Waals surface area contributed by atoms with Crippen LogP contribution in [0.25, 0.3) is 11.1 Å². The molecule has 1 atom stereocenters. The lowest BCUT2D eigenvalue weighted by Crippen LogP contribution is -2.26. The summed E-state index contributed by atoms with van der Waals surface area (Å²) < 4.78 is 5.07. The quantitative estimate of drug-likeness (QED) is 0.769. The van der Waals surface area contributed by atoms with Gasteiger partial charge in [-0.05, 0) is 49.2 Å². The van der Waals surface area contributed by atoms with Gasteiger partial charge in [-0.2, -0.15) is 4.98 Å². The molecule has 1 heterocycles. The molecule has 0 aliphatic heterocycles. The van der Waals surface area contributed by atoms with Crippen molar-refractivity contribution in [3.63, 3.8) is 0 Å². The number of phenols is 1. The predicted molar refractivity (Wildman–Crippen MR) is 88.5 cm³/mol. The van der Waals surface area contributed by atoms with E-state index in [0.29, 0.717) is 17.3 Å². The van der Waals surface area contributed by atoms with Gasteiger partial charge in [0.05, 0.1) is 0 Å². The maximum atomic E-state index is 12.4. The highest BCUT2D eigenvalue weighted by Crippen LogP contribution is 2.23. The topological polar surface area (TPSA) is 88.2 Å². The van der Waals surface area contributed by atoms with Gasteiger partial charge in [-0.25, -0.2) is 0 Å². The summed E-state index contributed by atoms with van der Waals surface area (Å²) in [7, 11) is 0. The molecule has 0 spiro atoms. The van der Waals surface area contributed by atoms with Gasteiger partial charge in [0.25, 0.3) is 5.91 Å². The Balaban J connectivity index is 1.78. The van der Waals surface area contributed by atoms with Crippen molar-refractivity contribution in [3.05, 3.63) is 65.8 Å². The molecule has 2 N–H and O–H groups in total. The normalized spacial score (nSPS) is 11.9. The summed E-state index contributed by atoms with van der Waals surface area (Å²) in [4.78, 5) is 16.5. The largest absolute Gasteiger partial charge is 0.508 e. The maximum absolute atomic E-state index is 12.4. The number of nitrogens with one attached hydrogen (secondary N) is 1. The Morgan fingerprint density at radius 2 is 1.92 bits per heavy atom. The van der Waals surface area contributed by atoms with E-state index >= 15 is 0 Å². The zero-order valence-electron chi connectivity index (χ0n) is 13.4. The van der Waals surface area contributed by atoms with Gasteiger partial charge in [0.15, 0.2) is 5.82 Å². The van der Waals surface area contributed by atoms with Crippen molar-refractivity contribution in [2.45, 2.75) is 19.9 Å². The molecule has 6 heteroatoms. The van der Waals surface area contributed by atoms with E-state index in [1.165, 1.54) is 0 Å². The molecular weight excluding hydrogens is 306 g/mol. The molecule has 1 aromatic heterocycles. The van der Waals surface area contributed by atoms with Crippen LogP contribution in [-0.2, 0) is 0 Å². The molecule has 24 heavy (non-hydrogen) atoms. The lowest BCUT2D eigenvalue weighted by atomic mass is 10.0. The fraction of sp³-hybridized carbons (Fsp3) is 0.167. The van der Waals surface area contributed by atoms with Gasteiger partial charge in [0, 0.05) is 5.56 Å². The zero-order chi connectivity index (χ0) is 17.1. The lowest BCUT2D eigenvalue weighted by Gasteiger charge is -2.11. The minimum absolute atomic E-state index is 0.205. The second-order valence-electron chi connectivity index (χ2n) is 5.50. The summed E-state index contributed by atoms with van der Waals surface area (Å²) in [5.74, 6) is 0.881. The lowest BCUT2D eigenvalue weighted by molar-refractivity contribution is 0.0932. The fourth-order valence-corrected chi connectivity index (χ4v) is 2.32. The van der Waals surface area contributed by atoms with Crippen molar-refractivity contribution in [2.75, 3.05) is 0 Å². The smallest absolute Gasteiger partial charge is 0.251 e. The van der Waals surface area contributed by atoms with Crippen LogP contribution in [0.4, 0.5) is 0 Å². The average molecular weight is 323 g/mol. The van der Waals surface area contributed by atoms with Crippen LogP contribution in [-0.4, -0.2) is 21.2 Å². The number of phenolic OH excluding ortho intramolecular Hbond substituents is 1. The molecule has 0 bridgehead atoms. The van der Waals surface area contributed by atoms with Crippen molar-refractivity contribution in [2.24, 2.45) is 0 Å². The summed E-state index contributed by atoms with van der Waals surface area (Å²) >= 11 is 0. The SMILES string of the molecule is Cc1noc(C(C)NC(=O)c2cccc(-c3ccc(O)cc3)c2)n1. The number of hydrogen-bond donors (Lipinski definition) is 2. The Morgan fingerprint density at radius 1 is 1.17 bits per heavy atom. The number of amides is 1.